The van der Waals surface area contributed by atoms with E-state index in [2.05, 4.69) is 10.4 Å². The van der Waals surface area contributed by atoms with Gasteiger partial charge in [-0.1, -0.05) is 12.1 Å². The van der Waals surface area contributed by atoms with Crippen LogP contribution >= 0.6 is 0 Å². The van der Waals surface area contributed by atoms with Crippen LogP contribution in [0.15, 0.2) is 30.3 Å². The first-order valence-corrected chi connectivity index (χ1v) is 8.16. The summed E-state index contributed by atoms with van der Waals surface area (Å²) in [4.78, 5) is 12.1. The zero-order valence-corrected chi connectivity index (χ0v) is 13.9. The van der Waals surface area contributed by atoms with Crippen molar-refractivity contribution in [2.24, 2.45) is 0 Å². The number of halogens is 6. The van der Waals surface area contributed by atoms with Crippen LogP contribution < -0.4 is 5.32 Å². The van der Waals surface area contributed by atoms with Crippen molar-refractivity contribution in [3.8, 4) is 0 Å². The second-order valence-electron chi connectivity index (χ2n) is 6.25. The molecule has 0 aliphatic heterocycles. The van der Waals surface area contributed by atoms with Gasteiger partial charge in [-0.05, 0) is 31.0 Å². The molecule has 1 amide bonds. The molecule has 0 unspecified atom stereocenters. The Morgan fingerprint density at radius 3 is 2.37 bits per heavy atom. The first-order chi connectivity index (χ1) is 12.6. The van der Waals surface area contributed by atoms with Crippen LogP contribution in [0.2, 0.25) is 0 Å². The summed E-state index contributed by atoms with van der Waals surface area (Å²) < 4.78 is 78.6. The van der Waals surface area contributed by atoms with Crippen molar-refractivity contribution in [3.05, 3.63) is 52.8 Å². The number of amides is 1. The number of alkyl halides is 6. The van der Waals surface area contributed by atoms with Crippen LogP contribution in [0.4, 0.5) is 26.3 Å². The van der Waals surface area contributed by atoms with Crippen LogP contribution in [0.5, 0.6) is 0 Å². The molecule has 0 radical (unpaired) electrons. The molecule has 0 spiro atoms. The average molecular weight is 391 g/mol. The van der Waals surface area contributed by atoms with Gasteiger partial charge in [-0.2, -0.15) is 31.4 Å². The molecular weight excluding hydrogens is 376 g/mol. The number of aromatic nitrogens is 2. The molecular formula is C17H15F6N3O. The Kier molecular flexibility index (Phi) is 4.92. The molecule has 10 heteroatoms. The summed E-state index contributed by atoms with van der Waals surface area (Å²) in [5.74, 6) is -0.950. The maximum atomic E-state index is 13.0. The second-order valence-corrected chi connectivity index (χ2v) is 6.25. The fourth-order valence-electron chi connectivity index (χ4n) is 2.76. The highest BCUT2D eigenvalue weighted by Gasteiger charge is 2.38. The zero-order chi connectivity index (χ0) is 19.8. The molecule has 1 fully saturated rings. The number of nitrogens with zero attached hydrogens (tertiary/aromatic N) is 2. The maximum Gasteiger partial charge on any atom is 0.435 e. The molecule has 1 aliphatic carbocycles. The molecule has 0 atom stereocenters. The van der Waals surface area contributed by atoms with E-state index in [0.717, 1.165) is 35.7 Å². The topological polar surface area (TPSA) is 46.9 Å². The first kappa shape index (κ1) is 19.2. The van der Waals surface area contributed by atoms with Gasteiger partial charge >= 0.3 is 12.4 Å². The largest absolute Gasteiger partial charge is 0.435 e. The number of nitrogens with one attached hydrogen (secondary N) is 1. The molecule has 0 bridgehead atoms. The van der Waals surface area contributed by atoms with Gasteiger partial charge in [0.15, 0.2) is 5.69 Å². The van der Waals surface area contributed by atoms with Crippen LogP contribution in [-0.2, 0) is 18.9 Å². The summed E-state index contributed by atoms with van der Waals surface area (Å²) in [5.41, 5.74) is -2.20. The maximum absolute atomic E-state index is 13.0. The molecule has 1 heterocycles. The summed E-state index contributed by atoms with van der Waals surface area (Å²) in [5, 5.41) is 5.84. The summed E-state index contributed by atoms with van der Waals surface area (Å²) in [6.07, 6.45) is -7.75. The number of carbonyl (C=O) groups is 1. The normalized spacial score (nSPS) is 15.0. The number of hydrogen-bond acceptors (Lipinski definition) is 2. The van der Waals surface area contributed by atoms with E-state index in [1.807, 2.05) is 0 Å². The minimum absolute atomic E-state index is 0.00439. The Balaban J connectivity index is 1.69. The lowest BCUT2D eigenvalue weighted by molar-refractivity contribution is -0.141. The Hall–Kier alpha value is -2.52. The number of carbonyl (C=O) groups excluding carboxylic acids is 1. The molecule has 1 aromatic carbocycles. The van der Waals surface area contributed by atoms with Gasteiger partial charge in [-0.3, -0.25) is 9.48 Å². The highest BCUT2D eigenvalue weighted by atomic mass is 19.4. The summed E-state index contributed by atoms with van der Waals surface area (Å²) >= 11 is 0. The minimum Gasteiger partial charge on any atom is -0.350 e. The zero-order valence-electron chi connectivity index (χ0n) is 13.9. The Morgan fingerprint density at radius 1 is 1.11 bits per heavy atom. The van der Waals surface area contributed by atoms with E-state index in [1.54, 1.807) is 0 Å². The third-order valence-electron chi connectivity index (χ3n) is 4.18. The van der Waals surface area contributed by atoms with E-state index in [0.29, 0.717) is 5.69 Å². The van der Waals surface area contributed by atoms with E-state index in [4.69, 9.17) is 0 Å². The third-order valence-corrected chi connectivity index (χ3v) is 4.18. The summed E-state index contributed by atoms with van der Waals surface area (Å²) in [6, 6.07) is 5.30. The summed E-state index contributed by atoms with van der Waals surface area (Å²) in [6.45, 7) is -0.217. The lowest BCUT2D eigenvalue weighted by Gasteiger charge is -2.13. The van der Waals surface area contributed by atoms with Crippen molar-refractivity contribution in [1.82, 2.24) is 15.1 Å². The van der Waals surface area contributed by atoms with E-state index in [1.165, 1.54) is 12.1 Å². The molecule has 2 aromatic rings. The van der Waals surface area contributed by atoms with Gasteiger partial charge in [0, 0.05) is 18.2 Å². The first-order valence-electron chi connectivity index (χ1n) is 8.16. The lowest BCUT2D eigenvalue weighted by atomic mass is 10.1. The van der Waals surface area contributed by atoms with E-state index in [-0.39, 0.29) is 19.0 Å². The van der Waals surface area contributed by atoms with Gasteiger partial charge in [0.2, 0.25) is 0 Å². The van der Waals surface area contributed by atoms with E-state index in [9.17, 15) is 31.1 Å². The molecule has 3 rings (SSSR count). The second kappa shape index (κ2) is 6.90. The fourth-order valence-corrected chi connectivity index (χ4v) is 2.76. The van der Waals surface area contributed by atoms with E-state index >= 15 is 0 Å². The predicted octanol–water partition coefficient (Wildman–Crippen LogP) is 4.23. The SMILES string of the molecule is O=C(NCCn1nc(C(F)(F)F)cc1C1CC1)c1ccccc1C(F)(F)F. The predicted molar refractivity (Wildman–Crippen MR) is 83.0 cm³/mol. The number of rotatable bonds is 5. The molecule has 146 valence electrons. The monoisotopic (exact) mass is 391 g/mol. The van der Waals surface area contributed by atoms with Gasteiger partial charge in [-0.25, -0.2) is 0 Å². The quantitative estimate of drug-likeness (QED) is 0.776. The van der Waals surface area contributed by atoms with Crippen LogP contribution in [0.3, 0.4) is 0 Å². The van der Waals surface area contributed by atoms with Crippen molar-refractivity contribution in [2.45, 2.75) is 37.7 Å². The Bertz CT molecular complexity index is 836. The van der Waals surface area contributed by atoms with Gasteiger partial charge in [0.25, 0.3) is 5.91 Å². The van der Waals surface area contributed by atoms with Crippen molar-refractivity contribution in [1.29, 1.82) is 0 Å². The Morgan fingerprint density at radius 2 is 1.78 bits per heavy atom. The van der Waals surface area contributed by atoms with Crippen molar-refractivity contribution in [2.75, 3.05) is 6.54 Å². The minimum atomic E-state index is -4.68. The van der Waals surface area contributed by atoms with Gasteiger partial charge in [0.1, 0.15) is 0 Å². The van der Waals surface area contributed by atoms with Crippen LogP contribution in [0, 0.1) is 0 Å². The smallest absolute Gasteiger partial charge is 0.350 e. The van der Waals surface area contributed by atoms with E-state index < -0.39 is 35.1 Å². The molecule has 4 nitrogen and oxygen atoms in total. The standard InChI is InChI=1S/C17H15F6N3O/c18-16(19,20)12-4-2-1-3-11(12)15(27)24-7-8-26-13(10-5-6-10)9-14(25-26)17(21,22)23/h1-4,9-10H,5-8H2,(H,24,27). The van der Waals surface area contributed by atoms with Crippen LogP contribution in [0.1, 0.15) is 46.1 Å². The van der Waals surface area contributed by atoms with Gasteiger partial charge < -0.3 is 5.32 Å². The highest BCUT2D eigenvalue weighted by molar-refractivity contribution is 5.95. The van der Waals surface area contributed by atoms with Crippen molar-refractivity contribution in [3.63, 3.8) is 0 Å². The average Bonchev–Trinajstić information content (AvgIpc) is 3.33. The van der Waals surface area contributed by atoms with Crippen molar-refractivity contribution >= 4 is 5.91 Å². The van der Waals surface area contributed by atoms with Gasteiger partial charge in [-0.15, -0.1) is 0 Å². The fraction of sp³-hybridized carbons (Fsp3) is 0.412. The van der Waals surface area contributed by atoms with Crippen LogP contribution in [0.25, 0.3) is 0 Å². The molecule has 1 N–H and O–H groups in total. The van der Waals surface area contributed by atoms with Crippen LogP contribution in [-0.4, -0.2) is 22.2 Å². The number of benzene rings is 1. The number of hydrogen-bond donors (Lipinski definition) is 1. The highest BCUT2D eigenvalue weighted by Crippen LogP contribution is 2.42. The molecule has 1 aliphatic rings. The summed E-state index contributed by atoms with van der Waals surface area (Å²) in [7, 11) is 0. The lowest BCUT2D eigenvalue weighted by Crippen LogP contribution is -2.29. The third kappa shape index (κ3) is 4.42. The molecule has 1 aromatic heterocycles. The Labute approximate surface area is 150 Å². The molecule has 27 heavy (non-hydrogen) atoms. The van der Waals surface area contributed by atoms with Gasteiger partial charge in [0.05, 0.1) is 17.7 Å². The molecule has 0 saturated heterocycles. The van der Waals surface area contributed by atoms with Crippen molar-refractivity contribution < 1.29 is 31.1 Å². The molecule has 1 saturated carbocycles.